The fourth-order valence-corrected chi connectivity index (χ4v) is 0.873. The smallest absolute Gasteiger partial charge is 0.108 e. The summed E-state index contributed by atoms with van der Waals surface area (Å²) >= 11 is 0. The van der Waals surface area contributed by atoms with Gasteiger partial charge < -0.3 is 4.90 Å². The van der Waals surface area contributed by atoms with E-state index in [0.29, 0.717) is 0 Å². The van der Waals surface area contributed by atoms with Crippen molar-refractivity contribution in [3.63, 3.8) is 0 Å². The van der Waals surface area contributed by atoms with Gasteiger partial charge in [-0.2, -0.15) is 0 Å². The van der Waals surface area contributed by atoms with Crippen LogP contribution in [0.15, 0.2) is 36.5 Å². The Morgan fingerprint density at radius 2 is 2.17 bits per heavy atom. The fraction of sp³-hybridized carbons (Fsp3) is 0.400. The van der Waals surface area contributed by atoms with E-state index >= 15 is 0 Å². The number of nitrogens with zero attached hydrogens (tertiary/aromatic N) is 1. The zero-order valence-electron chi connectivity index (χ0n) is 7.76. The Bertz CT molecular complexity index is 180. The molecule has 0 bridgehead atoms. The van der Waals surface area contributed by atoms with Crippen molar-refractivity contribution in [2.45, 2.75) is 0 Å². The molecule has 0 atom stereocenters. The first-order chi connectivity index (χ1) is 5.70. The summed E-state index contributed by atoms with van der Waals surface area (Å²) in [5, 5.41) is 0. The zero-order chi connectivity index (χ0) is 9.40. The third kappa shape index (κ3) is 5.86. The molecule has 0 N–H and O–H groups in total. The number of rotatable bonds is 5. The van der Waals surface area contributed by atoms with Crippen LogP contribution in [0.3, 0.4) is 0 Å². The van der Waals surface area contributed by atoms with E-state index in [1.54, 1.807) is 12.2 Å². The van der Waals surface area contributed by atoms with Crippen molar-refractivity contribution < 1.29 is 4.39 Å². The monoisotopic (exact) mass is 169 g/mol. The van der Waals surface area contributed by atoms with Gasteiger partial charge in [0.25, 0.3) is 0 Å². The summed E-state index contributed by atoms with van der Waals surface area (Å²) in [4.78, 5) is 2.03. The van der Waals surface area contributed by atoms with E-state index in [2.05, 4.69) is 6.58 Å². The molecule has 0 spiro atoms. The molecular formula is C10H16FN. The summed E-state index contributed by atoms with van der Waals surface area (Å²) in [6.45, 7) is 3.99. The summed E-state index contributed by atoms with van der Waals surface area (Å²) in [6.07, 6.45) is 6.87. The number of alkyl halides is 1. The van der Waals surface area contributed by atoms with Gasteiger partial charge in [0, 0.05) is 6.54 Å². The lowest BCUT2D eigenvalue weighted by Gasteiger charge is -2.09. The van der Waals surface area contributed by atoms with Crippen molar-refractivity contribution >= 4 is 0 Å². The summed E-state index contributed by atoms with van der Waals surface area (Å²) < 4.78 is 11.8. The standard InChI is InChI=1S/C10H16FN/c1-4-6-10(7-5-8-11)9-12(2)3/h4-7H,1,8-9H2,2-3H3/b7-5-,10-6+. The molecule has 0 aromatic carbocycles. The molecule has 0 aliphatic heterocycles. The maximum Gasteiger partial charge on any atom is 0.108 e. The Kier molecular flexibility index (Phi) is 6.29. The van der Waals surface area contributed by atoms with Gasteiger partial charge in [-0.25, -0.2) is 4.39 Å². The first kappa shape index (κ1) is 11.1. The number of halogens is 1. The lowest BCUT2D eigenvalue weighted by Crippen LogP contribution is -2.14. The second-order valence-corrected chi connectivity index (χ2v) is 2.77. The van der Waals surface area contributed by atoms with Crippen molar-refractivity contribution in [1.29, 1.82) is 0 Å². The van der Waals surface area contributed by atoms with E-state index < -0.39 is 6.67 Å². The van der Waals surface area contributed by atoms with Gasteiger partial charge in [0.1, 0.15) is 6.67 Å². The van der Waals surface area contributed by atoms with Gasteiger partial charge >= 0.3 is 0 Å². The molecule has 0 saturated carbocycles. The van der Waals surface area contributed by atoms with Crippen LogP contribution in [0.2, 0.25) is 0 Å². The van der Waals surface area contributed by atoms with Crippen LogP contribution in [0.4, 0.5) is 4.39 Å². The molecule has 0 saturated heterocycles. The van der Waals surface area contributed by atoms with Crippen LogP contribution in [0.25, 0.3) is 0 Å². The van der Waals surface area contributed by atoms with Gasteiger partial charge in [0.05, 0.1) is 0 Å². The van der Waals surface area contributed by atoms with Crippen molar-refractivity contribution in [3.05, 3.63) is 36.5 Å². The molecule has 0 unspecified atom stereocenters. The molecule has 1 nitrogen and oxygen atoms in total. The molecule has 12 heavy (non-hydrogen) atoms. The molecule has 68 valence electrons. The number of hydrogen-bond acceptors (Lipinski definition) is 1. The van der Waals surface area contributed by atoms with E-state index in [-0.39, 0.29) is 0 Å². The molecule has 0 aromatic rings. The summed E-state index contributed by atoms with van der Waals surface area (Å²) in [5.74, 6) is 0. The summed E-state index contributed by atoms with van der Waals surface area (Å²) in [7, 11) is 3.94. The van der Waals surface area contributed by atoms with Crippen molar-refractivity contribution in [2.75, 3.05) is 27.3 Å². The van der Waals surface area contributed by atoms with Gasteiger partial charge in [-0.3, -0.25) is 0 Å². The highest BCUT2D eigenvalue weighted by atomic mass is 19.1. The molecule has 0 amide bonds. The molecule has 0 radical (unpaired) electrons. The Balaban J connectivity index is 4.14. The van der Waals surface area contributed by atoms with Crippen LogP contribution in [-0.4, -0.2) is 32.2 Å². The van der Waals surface area contributed by atoms with E-state index in [1.807, 2.05) is 25.1 Å². The van der Waals surface area contributed by atoms with E-state index in [4.69, 9.17) is 0 Å². The Hall–Kier alpha value is -0.890. The average Bonchev–Trinajstić information content (AvgIpc) is 2.00. The van der Waals surface area contributed by atoms with Gasteiger partial charge in [0.2, 0.25) is 0 Å². The van der Waals surface area contributed by atoms with Crippen LogP contribution in [0.1, 0.15) is 0 Å². The third-order valence-electron chi connectivity index (χ3n) is 1.25. The van der Waals surface area contributed by atoms with Crippen LogP contribution < -0.4 is 0 Å². The van der Waals surface area contributed by atoms with Crippen molar-refractivity contribution in [2.24, 2.45) is 0 Å². The molecule has 0 fully saturated rings. The van der Waals surface area contributed by atoms with E-state index in [9.17, 15) is 4.39 Å². The van der Waals surface area contributed by atoms with Gasteiger partial charge in [0.15, 0.2) is 0 Å². The predicted octanol–water partition coefficient (Wildman–Crippen LogP) is 2.19. The fourth-order valence-electron chi connectivity index (χ4n) is 0.873. The Morgan fingerprint density at radius 3 is 2.58 bits per heavy atom. The lowest BCUT2D eigenvalue weighted by atomic mass is 10.2. The average molecular weight is 169 g/mol. The predicted molar refractivity (Wildman–Crippen MR) is 51.9 cm³/mol. The summed E-state index contributed by atoms with van der Waals surface area (Å²) in [5.41, 5.74) is 1.06. The van der Waals surface area contributed by atoms with E-state index in [0.717, 1.165) is 12.1 Å². The van der Waals surface area contributed by atoms with Crippen molar-refractivity contribution in [1.82, 2.24) is 4.90 Å². The number of hydrogen-bond donors (Lipinski definition) is 0. The minimum absolute atomic E-state index is 0.415. The Labute approximate surface area is 73.9 Å². The summed E-state index contributed by atoms with van der Waals surface area (Å²) in [6, 6.07) is 0. The third-order valence-corrected chi connectivity index (χ3v) is 1.25. The van der Waals surface area contributed by atoms with E-state index in [1.165, 1.54) is 6.08 Å². The highest BCUT2D eigenvalue weighted by Gasteiger charge is 1.92. The minimum atomic E-state index is -0.415. The highest BCUT2D eigenvalue weighted by Crippen LogP contribution is 1.99. The lowest BCUT2D eigenvalue weighted by molar-refractivity contribution is 0.448. The van der Waals surface area contributed by atoms with Crippen LogP contribution in [-0.2, 0) is 0 Å². The maximum atomic E-state index is 11.8. The molecule has 0 aliphatic carbocycles. The normalized spacial score (nSPS) is 12.8. The van der Waals surface area contributed by atoms with Crippen LogP contribution in [0, 0.1) is 0 Å². The first-order valence-electron chi connectivity index (χ1n) is 3.89. The number of allylic oxidation sites excluding steroid dienone is 3. The largest absolute Gasteiger partial charge is 0.305 e. The topological polar surface area (TPSA) is 3.24 Å². The molecule has 0 aromatic heterocycles. The Morgan fingerprint density at radius 1 is 1.50 bits per heavy atom. The van der Waals surface area contributed by atoms with Crippen LogP contribution in [0.5, 0.6) is 0 Å². The number of likely N-dealkylation sites (N-methyl/N-ethyl adjacent to an activating group) is 1. The molecule has 0 aliphatic rings. The molecule has 0 rings (SSSR count). The molecule has 0 heterocycles. The van der Waals surface area contributed by atoms with Gasteiger partial charge in [-0.15, -0.1) is 0 Å². The molecular weight excluding hydrogens is 153 g/mol. The first-order valence-corrected chi connectivity index (χ1v) is 3.89. The van der Waals surface area contributed by atoms with Crippen LogP contribution >= 0.6 is 0 Å². The molecule has 2 heteroatoms. The SMILES string of the molecule is C=C/C=C(\C=C/CF)CN(C)C. The second kappa shape index (κ2) is 6.80. The minimum Gasteiger partial charge on any atom is -0.305 e. The maximum absolute atomic E-state index is 11.8. The zero-order valence-corrected chi connectivity index (χ0v) is 7.76. The quantitative estimate of drug-likeness (QED) is 0.570. The van der Waals surface area contributed by atoms with Crippen molar-refractivity contribution in [3.8, 4) is 0 Å². The van der Waals surface area contributed by atoms with Gasteiger partial charge in [-0.1, -0.05) is 30.9 Å². The second-order valence-electron chi connectivity index (χ2n) is 2.77. The van der Waals surface area contributed by atoms with Gasteiger partial charge in [-0.05, 0) is 19.7 Å². The highest BCUT2D eigenvalue weighted by molar-refractivity contribution is 5.24.